The van der Waals surface area contributed by atoms with E-state index in [1.165, 1.54) is 18.2 Å². The van der Waals surface area contributed by atoms with Gasteiger partial charge in [0.15, 0.2) is 0 Å². The number of benzene rings is 3. The minimum atomic E-state index is -3.90. The van der Waals surface area contributed by atoms with Crippen molar-refractivity contribution in [3.8, 4) is 0 Å². The van der Waals surface area contributed by atoms with Crippen molar-refractivity contribution in [3.63, 3.8) is 0 Å². The molecule has 1 heterocycles. The van der Waals surface area contributed by atoms with Gasteiger partial charge in [0.1, 0.15) is 0 Å². The Hall–Kier alpha value is -3.23. The van der Waals surface area contributed by atoms with Gasteiger partial charge >= 0.3 is 5.97 Å². The number of nitrogens with one attached hydrogen (secondary N) is 1. The molecule has 0 saturated carbocycles. The van der Waals surface area contributed by atoms with Crippen molar-refractivity contribution in [1.29, 1.82) is 0 Å². The summed E-state index contributed by atoms with van der Waals surface area (Å²) in [6.45, 7) is 4.34. The highest BCUT2D eigenvalue weighted by Gasteiger charge is 2.24. The summed E-state index contributed by atoms with van der Waals surface area (Å²) in [6.07, 6.45) is 0. The Balaban J connectivity index is 1.62. The number of aromatic carboxylic acids is 1. The number of carbonyl (C=O) groups is 1. The number of aryl methyl sites for hydroxylation is 1. The number of carboxylic acids is 1. The standard InChI is InChI=1S/C24H24ClN3O4S/c1-17-6-2-5-9-23(17)33(31,32)26-20-16-18(24(29)30)10-11-22(20)28-14-12-27(13-15-28)21-8-4-3-7-19(21)25/h2-11,16,26H,12-15H2,1H3,(H,29,30). The van der Waals surface area contributed by atoms with Crippen LogP contribution in [-0.4, -0.2) is 45.7 Å². The normalized spacial score (nSPS) is 14.2. The highest BCUT2D eigenvalue weighted by atomic mass is 35.5. The van der Waals surface area contributed by atoms with Gasteiger partial charge in [0.25, 0.3) is 10.0 Å². The molecule has 0 spiro atoms. The maximum Gasteiger partial charge on any atom is 0.335 e. The van der Waals surface area contributed by atoms with Crippen molar-refractivity contribution in [2.75, 3.05) is 40.7 Å². The molecule has 0 atom stereocenters. The number of sulfonamides is 1. The Bertz CT molecular complexity index is 1290. The summed E-state index contributed by atoms with van der Waals surface area (Å²) in [5.74, 6) is -1.12. The monoisotopic (exact) mass is 485 g/mol. The van der Waals surface area contributed by atoms with Gasteiger partial charge in [0.2, 0.25) is 0 Å². The summed E-state index contributed by atoms with van der Waals surface area (Å²) < 4.78 is 28.8. The second kappa shape index (κ2) is 9.33. The van der Waals surface area contributed by atoms with E-state index in [0.29, 0.717) is 42.5 Å². The maximum atomic E-state index is 13.1. The molecular weight excluding hydrogens is 462 g/mol. The van der Waals surface area contributed by atoms with E-state index in [0.717, 1.165) is 5.69 Å². The number of rotatable bonds is 6. The zero-order valence-electron chi connectivity index (χ0n) is 18.0. The SMILES string of the molecule is Cc1ccccc1S(=O)(=O)Nc1cc(C(=O)O)ccc1N1CCN(c2ccccc2Cl)CC1. The van der Waals surface area contributed by atoms with Crippen molar-refractivity contribution in [1.82, 2.24) is 0 Å². The molecular formula is C24H24ClN3O4S. The molecule has 2 N–H and O–H groups in total. The fourth-order valence-electron chi connectivity index (χ4n) is 3.98. The molecule has 172 valence electrons. The van der Waals surface area contributed by atoms with Gasteiger partial charge in [0.05, 0.1) is 32.5 Å². The van der Waals surface area contributed by atoms with Gasteiger partial charge in [-0.25, -0.2) is 13.2 Å². The first-order chi connectivity index (χ1) is 15.8. The van der Waals surface area contributed by atoms with Crippen molar-refractivity contribution in [3.05, 3.63) is 82.9 Å². The molecule has 0 bridgehead atoms. The van der Waals surface area contributed by atoms with Gasteiger partial charge in [-0.1, -0.05) is 41.9 Å². The van der Waals surface area contributed by atoms with E-state index in [-0.39, 0.29) is 16.1 Å². The zero-order valence-corrected chi connectivity index (χ0v) is 19.6. The van der Waals surface area contributed by atoms with Gasteiger partial charge in [-0.3, -0.25) is 4.72 Å². The predicted molar refractivity (Wildman–Crippen MR) is 131 cm³/mol. The van der Waals surface area contributed by atoms with E-state index in [1.54, 1.807) is 31.2 Å². The van der Waals surface area contributed by atoms with Crippen molar-refractivity contribution in [2.45, 2.75) is 11.8 Å². The number of hydrogen-bond donors (Lipinski definition) is 2. The second-order valence-corrected chi connectivity index (χ2v) is 9.89. The van der Waals surface area contributed by atoms with E-state index in [2.05, 4.69) is 14.5 Å². The molecule has 0 aromatic heterocycles. The molecule has 0 unspecified atom stereocenters. The van der Waals surface area contributed by atoms with Crippen LogP contribution >= 0.6 is 11.6 Å². The molecule has 33 heavy (non-hydrogen) atoms. The third-order valence-corrected chi connectivity index (χ3v) is 7.53. The van der Waals surface area contributed by atoms with Crippen LogP contribution in [0.5, 0.6) is 0 Å². The van der Waals surface area contributed by atoms with Gasteiger partial charge in [0, 0.05) is 26.2 Å². The maximum absolute atomic E-state index is 13.1. The summed E-state index contributed by atoms with van der Waals surface area (Å²) in [6, 6.07) is 18.8. The molecule has 7 nitrogen and oxygen atoms in total. The van der Waals surface area contributed by atoms with E-state index < -0.39 is 16.0 Å². The third-order valence-electron chi connectivity index (χ3n) is 5.68. The first-order valence-corrected chi connectivity index (χ1v) is 12.3. The Kier molecular flexibility index (Phi) is 6.49. The Morgan fingerprint density at radius 1 is 0.909 bits per heavy atom. The number of piperazine rings is 1. The largest absolute Gasteiger partial charge is 0.478 e. The topological polar surface area (TPSA) is 89.9 Å². The summed E-state index contributed by atoms with van der Waals surface area (Å²) >= 11 is 6.34. The Labute approximate surface area is 198 Å². The van der Waals surface area contributed by atoms with Gasteiger partial charge in [-0.05, 0) is 48.9 Å². The lowest BCUT2D eigenvalue weighted by Crippen LogP contribution is -2.46. The smallest absolute Gasteiger partial charge is 0.335 e. The number of hydrogen-bond acceptors (Lipinski definition) is 5. The summed E-state index contributed by atoms with van der Waals surface area (Å²) in [4.78, 5) is 15.9. The highest BCUT2D eigenvalue weighted by Crippen LogP contribution is 2.32. The molecule has 9 heteroatoms. The average Bonchev–Trinajstić information content (AvgIpc) is 2.79. The summed E-state index contributed by atoms with van der Waals surface area (Å²) in [5, 5.41) is 10.1. The molecule has 3 aromatic carbocycles. The predicted octanol–water partition coefficient (Wildman–Crippen LogP) is 4.47. The molecule has 3 aromatic rings. The van der Waals surface area contributed by atoms with Crippen LogP contribution < -0.4 is 14.5 Å². The van der Waals surface area contributed by atoms with E-state index in [1.807, 2.05) is 24.3 Å². The molecule has 4 rings (SSSR count). The first kappa shape index (κ1) is 22.9. The van der Waals surface area contributed by atoms with Crippen LogP contribution in [0, 0.1) is 6.92 Å². The lowest BCUT2D eigenvalue weighted by atomic mass is 10.1. The average molecular weight is 486 g/mol. The fraction of sp³-hybridized carbons (Fsp3) is 0.208. The number of nitrogens with zero attached hydrogens (tertiary/aromatic N) is 2. The van der Waals surface area contributed by atoms with Crippen LogP contribution in [0.4, 0.5) is 17.1 Å². The van der Waals surface area contributed by atoms with E-state index in [4.69, 9.17) is 11.6 Å². The lowest BCUT2D eigenvalue weighted by molar-refractivity contribution is 0.0697. The second-order valence-electron chi connectivity index (χ2n) is 7.83. The van der Waals surface area contributed by atoms with Crippen LogP contribution in [-0.2, 0) is 10.0 Å². The van der Waals surface area contributed by atoms with Gasteiger partial charge in [-0.2, -0.15) is 0 Å². The molecule has 0 amide bonds. The van der Waals surface area contributed by atoms with E-state index in [9.17, 15) is 18.3 Å². The number of carboxylic acid groups (broad SMARTS) is 1. The van der Waals surface area contributed by atoms with Crippen molar-refractivity contribution >= 4 is 44.7 Å². The van der Waals surface area contributed by atoms with Gasteiger partial charge in [-0.15, -0.1) is 0 Å². The van der Waals surface area contributed by atoms with Crippen molar-refractivity contribution < 1.29 is 18.3 Å². The number of anilines is 3. The Morgan fingerprint density at radius 3 is 2.15 bits per heavy atom. The number of para-hydroxylation sites is 1. The van der Waals surface area contributed by atoms with Crippen LogP contribution in [0.15, 0.2) is 71.6 Å². The first-order valence-electron chi connectivity index (χ1n) is 10.5. The van der Waals surface area contributed by atoms with Crippen LogP contribution in [0.1, 0.15) is 15.9 Å². The van der Waals surface area contributed by atoms with Crippen LogP contribution in [0.2, 0.25) is 5.02 Å². The quantitative estimate of drug-likeness (QED) is 0.535. The lowest BCUT2D eigenvalue weighted by Gasteiger charge is -2.38. The zero-order chi connectivity index (χ0) is 23.6. The molecule has 1 aliphatic rings. The fourth-order valence-corrected chi connectivity index (χ4v) is 5.55. The minimum Gasteiger partial charge on any atom is -0.478 e. The Morgan fingerprint density at radius 2 is 1.52 bits per heavy atom. The summed E-state index contributed by atoms with van der Waals surface area (Å²) in [5.41, 5.74) is 2.45. The molecule has 1 aliphatic heterocycles. The third kappa shape index (κ3) is 4.91. The number of halogens is 1. The molecule has 0 aliphatic carbocycles. The molecule has 0 radical (unpaired) electrons. The van der Waals surface area contributed by atoms with Crippen molar-refractivity contribution in [2.24, 2.45) is 0 Å². The highest BCUT2D eigenvalue weighted by molar-refractivity contribution is 7.92. The van der Waals surface area contributed by atoms with Crippen LogP contribution in [0.25, 0.3) is 0 Å². The van der Waals surface area contributed by atoms with E-state index >= 15 is 0 Å². The van der Waals surface area contributed by atoms with Crippen LogP contribution in [0.3, 0.4) is 0 Å². The molecule has 1 saturated heterocycles. The molecule has 1 fully saturated rings. The minimum absolute atomic E-state index is 0.0101. The summed E-state index contributed by atoms with van der Waals surface area (Å²) in [7, 11) is -3.90. The van der Waals surface area contributed by atoms with Gasteiger partial charge < -0.3 is 14.9 Å².